The topological polar surface area (TPSA) is 49.3 Å². The van der Waals surface area contributed by atoms with Gasteiger partial charge in [-0.2, -0.15) is 0 Å². The van der Waals surface area contributed by atoms with Gasteiger partial charge in [-0.15, -0.1) is 0 Å². The molecule has 1 fully saturated rings. The molecule has 0 aromatic rings. The van der Waals surface area contributed by atoms with Crippen molar-refractivity contribution in [1.82, 2.24) is 5.32 Å². The number of aliphatic hydroxyl groups is 1. The van der Waals surface area contributed by atoms with Crippen molar-refractivity contribution in [3.8, 4) is 0 Å². The predicted molar refractivity (Wildman–Crippen MR) is 97.5 cm³/mol. The zero-order valence-corrected chi connectivity index (χ0v) is 15.4. The lowest BCUT2D eigenvalue weighted by Gasteiger charge is -2.40. The number of β-lactam (4-membered cyclic amide) rings is 1. The van der Waals surface area contributed by atoms with Gasteiger partial charge in [0.25, 0.3) is 0 Å². The molecule has 0 aromatic carbocycles. The minimum atomic E-state index is -0.270. The largest absolute Gasteiger partial charge is 0.394 e. The fourth-order valence-corrected chi connectivity index (χ4v) is 3.57. The highest BCUT2D eigenvalue weighted by molar-refractivity contribution is 5.84. The van der Waals surface area contributed by atoms with E-state index in [1.165, 1.54) is 83.5 Å². The van der Waals surface area contributed by atoms with Crippen LogP contribution in [0, 0.1) is 0 Å². The zero-order chi connectivity index (χ0) is 16.8. The van der Waals surface area contributed by atoms with Crippen LogP contribution in [0.15, 0.2) is 0 Å². The Bertz CT molecular complexity index is 296. The van der Waals surface area contributed by atoms with E-state index in [1.54, 1.807) is 0 Å². The van der Waals surface area contributed by atoms with Crippen molar-refractivity contribution in [2.45, 2.75) is 115 Å². The number of carbonyl (C=O) groups excluding carboxylic acids is 1. The van der Waals surface area contributed by atoms with E-state index in [4.69, 9.17) is 0 Å². The molecule has 23 heavy (non-hydrogen) atoms. The average Bonchev–Trinajstić information content (AvgIpc) is 2.53. The highest BCUT2D eigenvalue weighted by atomic mass is 16.3. The Labute approximate surface area is 143 Å². The lowest BCUT2D eigenvalue weighted by atomic mass is 9.83. The molecule has 3 nitrogen and oxygen atoms in total. The Morgan fingerprint density at radius 3 is 1.57 bits per heavy atom. The van der Waals surface area contributed by atoms with Crippen LogP contribution in [0.4, 0.5) is 0 Å². The van der Waals surface area contributed by atoms with Crippen molar-refractivity contribution in [2.24, 2.45) is 0 Å². The van der Waals surface area contributed by atoms with Gasteiger partial charge in [0.2, 0.25) is 5.91 Å². The third kappa shape index (κ3) is 9.34. The number of unbranched alkanes of at least 4 members (excludes halogenated alkanes) is 13. The first-order valence-corrected chi connectivity index (χ1v) is 10.1. The molecule has 1 amide bonds. The Kier molecular flexibility index (Phi) is 11.4. The second-order valence-electron chi connectivity index (χ2n) is 7.51. The number of amides is 1. The van der Waals surface area contributed by atoms with E-state index in [9.17, 15) is 9.90 Å². The van der Waals surface area contributed by atoms with Crippen molar-refractivity contribution in [3.05, 3.63) is 0 Å². The summed E-state index contributed by atoms with van der Waals surface area (Å²) in [6.07, 6.45) is 20.5. The van der Waals surface area contributed by atoms with Gasteiger partial charge in [-0.25, -0.2) is 0 Å². The summed E-state index contributed by atoms with van der Waals surface area (Å²) >= 11 is 0. The van der Waals surface area contributed by atoms with Crippen LogP contribution < -0.4 is 5.32 Å². The van der Waals surface area contributed by atoms with Gasteiger partial charge in [0.1, 0.15) is 0 Å². The molecule has 0 unspecified atom stereocenters. The highest BCUT2D eigenvalue weighted by Crippen LogP contribution is 2.26. The van der Waals surface area contributed by atoms with Gasteiger partial charge in [0, 0.05) is 0 Å². The van der Waals surface area contributed by atoms with E-state index in [0.717, 1.165) is 12.8 Å². The first-order chi connectivity index (χ1) is 11.2. The molecule has 0 bridgehead atoms. The standard InChI is InChI=1S/C20H39NO2/c1-2-3-4-5-6-7-8-9-10-11-12-13-14-15-16-20(18-22)17-19(23)21-20/h22H,2-18H2,1H3,(H,21,23)/t20-/m1/s1. The molecule has 0 saturated carbocycles. The Hall–Kier alpha value is -0.570. The summed E-state index contributed by atoms with van der Waals surface area (Å²) in [4.78, 5) is 11.0. The minimum Gasteiger partial charge on any atom is -0.394 e. The van der Waals surface area contributed by atoms with Crippen LogP contribution in [-0.2, 0) is 4.79 Å². The molecular weight excluding hydrogens is 286 g/mol. The summed E-state index contributed by atoms with van der Waals surface area (Å²) in [5.41, 5.74) is -0.270. The Balaban J connectivity index is 1.76. The maximum absolute atomic E-state index is 11.0. The van der Waals surface area contributed by atoms with Crippen molar-refractivity contribution in [2.75, 3.05) is 6.61 Å². The average molecular weight is 326 g/mol. The van der Waals surface area contributed by atoms with Gasteiger partial charge in [0.15, 0.2) is 0 Å². The third-order valence-corrected chi connectivity index (χ3v) is 5.22. The second-order valence-corrected chi connectivity index (χ2v) is 7.51. The Morgan fingerprint density at radius 1 is 0.826 bits per heavy atom. The minimum absolute atomic E-state index is 0.0874. The first kappa shape index (κ1) is 20.5. The summed E-state index contributed by atoms with van der Waals surface area (Å²) in [5.74, 6) is 0.0874. The van der Waals surface area contributed by atoms with E-state index >= 15 is 0 Å². The molecule has 0 spiro atoms. The van der Waals surface area contributed by atoms with Crippen LogP contribution in [0.5, 0.6) is 0 Å². The van der Waals surface area contributed by atoms with Crippen LogP contribution in [0.25, 0.3) is 0 Å². The van der Waals surface area contributed by atoms with E-state index < -0.39 is 0 Å². The normalized spacial score (nSPS) is 20.3. The molecule has 3 heteroatoms. The number of hydrogen-bond acceptors (Lipinski definition) is 2. The molecule has 0 radical (unpaired) electrons. The molecule has 1 heterocycles. The van der Waals surface area contributed by atoms with Crippen molar-refractivity contribution in [1.29, 1.82) is 0 Å². The van der Waals surface area contributed by atoms with Crippen LogP contribution >= 0.6 is 0 Å². The summed E-state index contributed by atoms with van der Waals surface area (Å²) in [6.45, 7) is 2.37. The number of rotatable bonds is 16. The van der Waals surface area contributed by atoms with Gasteiger partial charge in [-0.05, 0) is 6.42 Å². The molecule has 1 aliphatic heterocycles. The molecule has 1 atom stereocenters. The summed E-state index contributed by atoms with van der Waals surface area (Å²) in [6, 6.07) is 0. The van der Waals surface area contributed by atoms with Crippen molar-refractivity contribution >= 4 is 5.91 Å². The van der Waals surface area contributed by atoms with Crippen LogP contribution in [0.3, 0.4) is 0 Å². The number of hydrogen-bond donors (Lipinski definition) is 2. The maximum Gasteiger partial charge on any atom is 0.222 e. The lowest BCUT2D eigenvalue weighted by molar-refractivity contribution is -0.135. The summed E-state index contributed by atoms with van der Waals surface area (Å²) in [7, 11) is 0. The van der Waals surface area contributed by atoms with Crippen LogP contribution in [-0.4, -0.2) is 23.2 Å². The van der Waals surface area contributed by atoms with Gasteiger partial charge in [-0.3, -0.25) is 4.79 Å². The molecule has 1 aliphatic rings. The highest BCUT2D eigenvalue weighted by Gasteiger charge is 2.41. The van der Waals surface area contributed by atoms with Gasteiger partial charge < -0.3 is 10.4 Å². The molecule has 0 aromatic heterocycles. The monoisotopic (exact) mass is 325 g/mol. The molecular formula is C20H39NO2. The van der Waals surface area contributed by atoms with Gasteiger partial charge in [0.05, 0.1) is 18.6 Å². The number of carbonyl (C=O) groups is 1. The smallest absolute Gasteiger partial charge is 0.222 e. The summed E-state index contributed by atoms with van der Waals surface area (Å²) in [5, 5.41) is 12.2. The van der Waals surface area contributed by atoms with E-state index in [-0.39, 0.29) is 18.1 Å². The molecule has 1 saturated heterocycles. The molecule has 2 N–H and O–H groups in total. The fraction of sp³-hybridized carbons (Fsp3) is 0.950. The van der Waals surface area contributed by atoms with Crippen LogP contribution in [0.1, 0.15) is 110 Å². The van der Waals surface area contributed by atoms with Crippen LogP contribution in [0.2, 0.25) is 0 Å². The Morgan fingerprint density at radius 2 is 1.22 bits per heavy atom. The van der Waals surface area contributed by atoms with Gasteiger partial charge >= 0.3 is 0 Å². The zero-order valence-electron chi connectivity index (χ0n) is 15.4. The van der Waals surface area contributed by atoms with Crippen molar-refractivity contribution < 1.29 is 9.90 Å². The van der Waals surface area contributed by atoms with E-state index in [2.05, 4.69) is 12.2 Å². The van der Waals surface area contributed by atoms with E-state index in [1.807, 2.05) is 0 Å². The van der Waals surface area contributed by atoms with Gasteiger partial charge in [-0.1, -0.05) is 96.8 Å². The quantitative estimate of drug-likeness (QED) is 0.306. The first-order valence-electron chi connectivity index (χ1n) is 10.1. The third-order valence-electron chi connectivity index (χ3n) is 5.22. The predicted octanol–water partition coefficient (Wildman–Crippen LogP) is 5.11. The fourth-order valence-electron chi connectivity index (χ4n) is 3.57. The number of aliphatic hydroxyl groups excluding tert-OH is 1. The number of nitrogens with one attached hydrogen (secondary N) is 1. The lowest BCUT2D eigenvalue weighted by Crippen LogP contribution is -2.63. The molecule has 136 valence electrons. The second kappa shape index (κ2) is 12.8. The summed E-state index contributed by atoms with van der Waals surface area (Å²) < 4.78 is 0. The van der Waals surface area contributed by atoms with E-state index in [0.29, 0.717) is 6.42 Å². The maximum atomic E-state index is 11.0. The SMILES string of the molecule is CCCCCCCCCCCCCCCC[C@]1(CO)CC(=O)N1. The van der Waals surface area contributed by atoms with Crippen molar-refractivity contribution in [3.63, 3.8) is 0 Å². The molecule has 0 aliphatic carbocycles. The molecule has 1 rings (SSSR count).